The van der Waals surface area contributed by atoms with E-state index in [1.165, 1.54) is 10.9 Å². The summed E-state index contributed by atoms with van der Waals surface area (Å²) in [5.41, 5.74) is 4.11. The SMILES string of the molecule is CN1CC(c2c[nH]c3cc(-n4cccc(OCc5ccccc5)c4=O)ccc23)C1. The van der Waals surface area contributed by atoms with Gasteiger partial charge in [0, 0.05) is 42.3 Å². The Morgan fingerprint density at radius 1 is 1.07 bits per heavy atom. The molecule has 1 aliphatic heterocycles. The molecule has 5 rings (SSSR count). The predicted molar refractivity (Wildman–Crippen MR) is 115 cm³/mol. The van der Waals surface area contributed by atoms with E-state index in [1.807, 2.05) is 48.5 Å². The van der Waals surface area contributed by atoms with Gasteiger partial charge in [0.15, 0.2) is 5.75 Å². The molecule has 2 aromatic carbocycles. The summed E-state index contributed by atoms with van der Waals surface area (Å²) in [4.78, 5) is 18.6. The Morgan fingerprint density at radius 2 is 1.90 bits per heavy atom. The van der Waals surface area contributed by atoms with E-state index in [0.29, 0.717) is 18.3 Å². The van der Waals surface area contributed by atoms with Crippen LogP contribution in [0.4, 0.5) is 0 Å². The molecule has 0 spiro atoms. The summed E-state index contributed by atoms with van der Waals surface area (Å²) >= 11 is 0. The minimum atomic E-state index is -0.157. The van der Waals surface area contributed by atoms with Crippen LogP contribution in [0.3, 0.4) is 0 Å². The average Bonchev–Trinajstić information content (AvgIpc) is 3.14. The molecule has 1 saturated heterocycles. The minimum absolute atomic E-state index is 0.157. The van der Waals surface area contributed by atoms with Crippen molar-refractivity contribution in [2.24, 2.45) is 0 Å². The average molecular weight is 385 g/mol. The number of nitrogens with one attached hydrogen (secondary N) is 1. The number of nitrogens with zero attached hydrogens (tertiary/aromatic N) is 2. The van der Waals surface area contributed by atoms with Gasteiger partial charge in [-0.15, -0.1) is 0 Å². The lowest BCUT2D eigenvalue weighted by atomic mass is 9.92. The number of hydrogen-bond donors (Lipinski definition) is 1. The fourth-order valence-electron chi connectivity index (χ4n) is 4.04. The van der Waals surface area contributed by atoms with Gasteiger partial charge in [0.05, 0.1) is 5.69 Å². The summed E-state index contributed by atoms with van der Waals surface area (Å²) in [6, 6.07) is 19.6. The minimum Gasteiger partial charge on any atom is -0.483 e. The fourth-order valence-corrected chi connectivity index (χ4v) is 4.04. The molecule has 146 valence electrons. The first kappa shape index (κ1) is 17.8. The summed E-state index contributed by atoms with van der Waals surface area (Å²) in [5, 5.41) is 1.23. The number of aromatic nitrogens is 2. The molecule has 1 N–H and O–H groups in total. The van der Waals surface area contributed by atoms with Gasteiger partial charge in [-0.25, -0.2) is 0 Å². The Bertz CT molecular complexity index is 1200. The van der Waals surface area contributed by atoms with E-state index in [1.54, 1.807) is 16.8 Å². The molecule has 0 amide bonds. The summed E-state index contributed by atoms with van der Waals surface area (Å²) in [7, 11) is 2.14. The molecule has 5 heteroatoms. The standard InChI is InChI=1S/C24H23N3O2/c1-26-14-18(15-26)21-13-25-22-12-19(9-10-20(21)22)27-11-5-8-23(24(27)28)29-16-17-6-3-2-4-7-17/h2-13,18,25H,14-16H2,1H3. The lowest BCUT2D eigenvalue weighted by Gasteiger charge is -2.36. The van der Waals surface area contributed by atoms with Crippen LogP contribution in [-0.2, 0) is 6.61 Å². The topological polar surface area (TPSA) is 50.3 Å². The van der Waals surface area contributed by atoms with E-state index in [9.17, 15) is 4.79 Å². The molecule has 29 heavy (non-hydrogen) atoms. The van der Waals surface area contributed by atoms with Crippen LogP contribution in [0.2, 0.25) is 0 Å². The van der Waals surface area contributed by atoms with Crippen LogP contribution in [0, 0.1) is 0 Å². The van der Waals surface area contributed by atoms with Crippen molar-refractivity contribution in [2.45, 2.75) is 12.5 Å². The monoisotopic (exact) mass is 385 g/mol. The first-order valence-corrected chi connectivity index (χ1v) is 9.87. The lowest BCUT2D eigenvalue weighted by molar-refractivity contribution is 0.190. The number of hydrogen-bond acceptors (Lipinski definition) is 3. The Balaban J connectivity index is 1.43. The van der Waals surface area contributed by atoms with Crippen LogP contribution in [-0.4, -0.2) is 34.6 Å². The van der Waals surface area contributed by atoms with Gasteiger partial charge in [0.1, 0.15) is 6.61 Å². The molecule has 0 atom stereocenters. The highest BCUT2D eigenvalue weighted by molar-refractivity contribution is 5.85. The number of aromatic amines is 1. The molecular weight excluding hydrogens is 362 g/mol. The van der Waals surface area contributed by atoms with Crippen molar-refractivity contribution < 1.29 is 4.74 Å². The van der Waals surface area contributed by atoms with E-state index in [2.05, 4.69) is 29.2 Å². The lowest BCUT2D eigenvalue weighted by Crippen LogP contribution is -2.41. The van der Waals surface area contributed by atoms with Crippen molar-refractivity contribution >= 4 is 10.9 Å². The molecule has 2 aromatic heterocycles. The summed E-state index contributed by atoms with van der Waals surface area (Å²) in [5.74, 6) is 0.929. The number of H-pyrrole nitrogens is 1. The molecule has 1 fully saturated rings. The number of pyridine rings is 1. The first-order chi connectivity index (χ1) is 14.2. The highest BCUT2D eigenvalue weighted by Gasteiger charge is 2.26. The van der Waals surface area contributed by atoms with E-state index in [4.69, 9.17) is 4.74 Å². The predicted octanol–water partition coefficient (Wildman–Crippen LogP) is 3.93. The number of ether oxygens (including phenoxy) is 1. The quantitative estimate of drug-likeness (QED) is 0.566. The maximum Gasteiger partial charge on any atom is 0.297 e. The van der Waals surface area contributed by atoms with Crippen molar-refractivity contribution in [3.63, 3.8) is 0 Å². The highest BCUT2D eigenvalue weighted by Crippen LogP contribution is 2.32. The molecule has 0 bridgehead atoms. The number of likely N-dealkylation sites (N-methyl/N-ethyl adjacent to an activating group) is 1. The molecule has 4 aromatic rings. The van der Waals surface area contributed by atoms with Crippen molar-refractivity contribution in [3.8, 4) is 11.4 Å². The Morgan fingerprint density at radius 3 is 2.69 bits per heavy atom. The number of rotatable bonds is 5. The van der Waals surface area contributed by atoms with Gasteiger partial charge in [-0.3, -0.25) is 9.36 Å². The van der Waals surface area contributed by atoms with Gasteiger partial charge in [-0.1, -0.05) is 36.4 Å². The Hall–Kier alpha value is -3.31. The van der Waals surface area contributed by atoms with Crippen molar-refractivity contribution in [2.75, 3.05) is 20.1 Å². The Kier molecular flexibility index (Phi) is 4.45. The van der Waals surface area contributed by atoms with Gasteiger partial charge < -0.3 is 14.6 Å². The molecular formula is C24H23N3O2. The first-order valence-electron chi connectivity index (χ1n) is 9.87. The second-order valence-corrected chi connectivity index (χ2v) is 7.71. The third kappa shape index (κ3) is 3.34. The van der Waals surface area contributed by atoms with Crippen LogP contribution in [0.1, 0.15) is 17.0 Å². The molecule has 0 aliphatic carbocycles. The Labute approximate surface area is 169 Å². The zero-order valence-corrected chi connectivity index (χ0v) is 16.3. The van der Waals surface area contributed by atoms with E-state index in [0.717, 1.165) is 29.9 Å². The fraction of sp³-hybridized carbons (Fsp3) is 0.208. The number of likely N-dealkylation sites (tertiary alicyclic amines) is 1. The molecule has 5 nitrogen and oxygen atoms in total. The van der Waals surface area contributed by atoms with Crippen LogP contribution < -0.4 is 10.3 Å². The normalized spacial score (nSPS) is 14.8. The van der Waals surface area contributed by atoms with Crippen LogP contribution in [0.25, 0.3) is 16.6 Å². The van der Waals surface area contributed by atoms with Gasteiger partial charge in [-0.2, -0.15) is 0 Å². The third-order valence-electron chi connectivity index (χ3n) is 5.63. The van der Waals surface area contributed by atoms with Crippen LogP contribution >= 0.6 is 0 Å². The van der Waals surface area contributed by atoms with Crippen molar-refractivity contribution in [1.29, 1.82) is 0 Å². The van der Waals surface area contributed by atoms with E-state index < -0.39 is 0 Å². The molecule has 0 radical (unpaired) electrons. The zero-order chi connectivity index (χ0) is 19.8. The maximum absolute atomic E-state index is 13.0. The second-order valence-electron chi connectivity index (χ2n) is 7.71. The summed E-state index contributed by atoms with van der Waals surface area (Å²) in [6.07, 6.45) is 3.89. The van der Waals surface area contributed by atoms with Crippen LogP contribution in [0.5, 0.6) is 5.75 Å². The molecule has 3 heterocycles. The second kappa shape index (κ2) is 7.26. The van der Waals surface area contributed by atoms with E-state index >= 15 is 0 Å². The molecule has 0 unspecified atom stereocenters. The summed E-state index contributed by atoms with van der Waals surface area (Å²) < 4.78 is 7.43. The van der Waals surface area contributed by atoms with Gasteiger partial charge in [0.25, 0.3) is 5.56 Å². The van der Waals surface area contributed by atoms with Gasteiger partial charge in [0.2, 0.25) is 0 Å². The zero-order valence-electron chi connectivity index (χ0n) is 16.3. The van der Waals surface area contributed by atoms with E-state index in [-0.39, 0.29) is 5.56 Å². The van der Waals surface area contributed by atoms with Crippen molar-refractivity contribution in [3.05, 3.63) is 94.5 Å². The number of fused-ring (bicyclic) bond motifs is 1. The van der Waals surface area contributed by atoms with Crippen molar-refractivity contribution in [1.82, 2.24) is 14.5 Å². The molecule has 1 aliphatic rings. The summed E-state index contributed by atoms with van der Waals surface area (Å²) in [6.45, 7) is 2.55. The third-order valence-corrected chi connectivity index (χ3v) is 5.63. The smallest absolute Gasteiger partial charge is 0.297 e. The van der Waals surface area contributed by atoms with Crippen LogP contribution in [0.15, 0.2) is 77.9 Å². The molecule has 0 saturated carbocycles. The highest BCUT2D eigenvalue weighted by atomic mass is 16.5. The largest absolute Gasteiger partial charge is 0.483 e. The van der Waals surface area contributed by atoms with Gasteiger partial charge >= 0.3 is 0 Å². The van der Waals surface area contributed by atoms with Gasteiger partial charge in [-0.05, 0) is 42.4 Å². The number of benzene rings is 2. The maximum atomic E-state index is 13.0.